The second kappa shape index (κ2) is 39.8. The number of rotatable bonds is 42. The van der Waals surface area contributed by atoms with Gasteiger partial charge in [-0.05, 0) is 44.6 Å². The maximum atomic E-state index is 12.7. The minimum atomic E-state index is -4.44. The Bertz CT molecular complexity index is 1210. The lowest BCUT2D eigenvalue weighted by Gasteiger charge is -2.24. The number of esters is 2. The fourth-order valence-electron chi connectivity index (χ4n) is 6.14. The number of ether oxygens (including phenoxy) is 2. The minimum Gasteiger partial charge on any atom is -0.462 e. The van der Waals surface area contributed by atoms with Crippen LogP contribution in [0.15, 0.2) is 48.6 Å². The third kappa shape index (κ3) is 43.5. The predicted octanol–water partition coefficient (Wildman–Crippen LogP) is 12.6. The second-order valence-electron chi connectivity index (χ2n) is 16.8. The van der Waals surface area contributed by atoms with E-state index in [0.717, 1.165) is 38.5 Å². The van der Waals surface area contributed by atoms with E-state index in [-0.39, 0.29) is 44.7 Å². The highest BCUT2D eigenvalue weighted by Gasteiger charge is 2.27. The van der Waals surface area contributed by atoms with Crippen LogP contribution in [0.3, 0.4) is 0 Å². The van der Waals surface area contributed by atoms with Gasteiger partial charge in [0.15, 0.2) is 11.9 Å². The number of nitrogens with zero attached hydrogens (tertiary/aromatic N) is 1. The molecule has 11 heteroatoms. The van der Waals surface area contributed by atoms with E-state index in [4.69, 9.17) is 18.5 Å². The third-order valence-corrected chi connectivity index (χ3v) is 10.8. The van der Waals surface area contributed by atoms with Gasteiger partial charge in [-0.3, -0.25) is 23.4 Å². The average Bonchev–Trinajstić information content (AvgIpc) is 3.18. The van der Waals surface area contributed by atoms with Crippen molar-refractivity contribution >= 4 is 25.5 Å². The number of carbonyl (C=O) groups is 3. The lowest BCUT2D eigenvalue weighted by Crippen LogP contribution is -2.37. The zero-order valence-electron chi connectivity index (χ0n) is 38.2. The summed E-state index contributed by atoms with van der Waals surface area (Å²) < 4.78 is 34.1. The molecule has 0 spiro atoms. The van der Waals surface area contributed by atoms with E-state index in [1.54, 1.807) is 6.08 Å². The maximum absolute atomic E-state index is 12.7. The van der Waals surface area contributed by atoms with E-state index in [9.17, 15) is 23.8 Å². The molecule has 1 N–H and O–H groups in total. The highest BCUT2D eigenvalue weighted by atomic mass is 31.2. The summed E-state index contributed by atoms with van der Waals surface area (Å²) in [6.07, 6.45) is 43.1. The Morgan fingerprint density at radius 2 is 1.08 bits per heavy atom. The quantitative estimate of drug-likeness (QED) is 0.0121. The van der Waals surface area contributed by atoms with Gasteiger partial charge in [0.1, 0.15) is 19.8 Å². The molecule has 1 unspecified atom stereocenters. The minimum absolute atomic E-state index is 0.0114. The van der Waals surface area contributed by atoms with Gasteiger partial charge < -0.3 is 18.9 Å². The molecule has 0 fully saturated rings. The normalized spacial score (nSPS) is 13.9. The Balaban J connectivity index is 4.50. The van der Waals surface area contributed by atoms with Crippen LogP contribution < -0.4 is 0 Å². The largest absolute Gasteiger partial charge is 0.472 e. The zero-order valence-corrected chi connectivity index (χ0v) is 39.1. The molecule has 0 radical (unpaired) electrons. The molecule has 0 aliphatic carbocycles. The third-order valence-electron chi connectivity index (χ3n) is 9.84. The highest BCUT2D eigenvalue weighted by molar-refractivity contribution is 7.47. The van der Waals surface area contributed by atoms with Gasteiger partial charge in [0.25, 0.3) is 0 Å². The number of likely N-dealkylation sites (N-methyl/N-ethyl adjacent to an activating group) is 1. The Labute approximate surface area is 360 Å². The molecule has 0 aromatic heterocycles. The van der Waals surface area contributed by atoms with Crippen LogP contribution in [0.1, 0.15) is 187 Å². The van der Waals surface area contributed by atoms with Gasteiger partial charge in [0.2, 0.25) is 0 Å². The van der Waals surface area contributed by atoms with Crippen LogP contribution >= 0.6 is 7.82 Å². The van der Waals surface area contributed by atoms with Crippen LogP contribution in [0.4, 0.5) is 0 Å². The van der Waals surface area contributed by atoms with E-state index in [1.165, 1.54) is 109 Å². The van der Waals surface area contributed by atoms with Gasteiger partial charge in [0, 0.05) is 19.3 Å². The standard InChI is InChI=1S/C48H86NO9P/c1-6-8-10-12-14-16-18-20-21-22-23-25-27-29-31-33-35-39-47(51)55-43-46(44-57-59(53,54)56-42-41-49(3,4)5)58-48(52)40-36-38-45(50)37-34-32-30-28-26-24-19-17-15-13-11-9-7-2/h15,17,24,26,30,32,34,37,46H,6-14,16,18-23,25,27-29,31,33,35-36,38-44H2,1-5H3/p+1/b17-15-,26-24-,32-30-,37-34+/t46-/m1/s1. The van der Waals surface area contributed by atoms with Crippen molar-refractivity contribution in [3.05, 3.63) is 48.6 Å². The summed E-state index contributed by atoms with van der Waals surface area (Å²) in [5.74, 6) is -1.16. The van der Waals surface area contributed by atoms with Crippen LogP contribution in [0.5, 0.6) is 0 Å². The first-order valence-electron chi connectivity index (χ1n) is 23.3. The van der Waals surface area contributed by atoms with Gasteiger partial charge >= 0.3 is 19.8 Å². The summed E-state index contributed by atoms with van der Waals surface area (Å²) in [7, 11) is 1.33. The van der Waals surface area contributed by atoms with Gasteiger partial charge in [0.05, 0.1) is 27.7 Å². The van der Waals surface area contributed by atoms with E-state index >= 15 is 0 Å². The molecule has 0 aliphatic rings. The summed E-state index contributed by atoms with van der Waals surface area (Å²) in [6.45, 7) is 4.12. The van der Waals surface area contributed by atoms with Crippen LogP contribution in [0, 0.1) is 0 Å². The topological polar surface area (TPSA) is 125 Å². The lowest BCUT2D eigenvalue weighted by atomic mass is 10.0. The van der Waals surface area contributed by atoms with E-state index < -0.39 is 32.5 Å². The molecule has 342 valence electrons. The molecule has 0 aromatic rings. The fraction of sp³-hybridized carbons (Fsp3) is 0.771. The van der Waals surface area contributed by atoms with E-state index in [1.807, 2.05) is 33.3 Å². The van der Waals surface area contributed by atoms with Crippen molar-refractivity contribution in [2.24, 2.45) is 0 Å². The molecular formula is C48H87NO9P+. The summed E-state index contributed by atoms with van der Waals surface area (Å²) in [5, 5.41) is 0. The molecule has 0 heterocycles. The molecule has 2 atom stereocenters. The fourth-order valence-corrected chi connectivity index (χ4v) is 6.89. The maximum Gasteiger partial charge on any atom is 0.472 e. The van der Waals surface area contributed by atoms with Gasteiger partial charge in [-0.15, -0.1) is 0 Å². The van der Waals surface area contributed by atoms with Gasteiger partial charge in [-0.2, -0.15) is 0 Å². The number of ketones is 1. The summed E-state index contributed by atoms with van der Waals surface area (Å²) in [4.78, 5) is 47.7. The van der Waals surface area contributed by atoms with Crippen LogP contribution in [-0.4, -0.2) is 80.7 Å². The van der Waals surface area contributed by atoms with Crippen LogP contribution in [-0.2, 0) is 37.5 Å². The highest BCUT2D eigenvalue weighted by Crippen LogP contribution is 2.43. The molecule has 0 bridgehead atoms. The number of phosphoric ester groups is 1. The number of carbonyl (C=O) groups excluding carboxylic acids is 3. The van der Waals surface area contributed by atoms with Crippen molar-refractivity contribution in [2.45, 2.75) is 193 Å². The molecular weight excluding hydrogens is 766 g/mol. The number of unbranched alkanes of at least 4 members (excludes halogenated alkanes) is 19. The van der Waals surface area contributed by atoms with E-state index in [0.29, 0.717) is 17.4 Å². The Morgan fingerprint density at radius 1 is 0.576 bits per heavy atom. The smallest absolute Gasteiger partial charge is 0.462 e. The average molecular weight is 853 g/mol. The number of quaternary nitrogens is 1. The zero-order chi connectivity index (χ0) is 43.7. The van der Waals surface area contributed by atoms with Gasteiger partial charge in [-0.1, -0.05) is 172 Å². The number of hydrogen-bond donors (Lipinski definition) is 1. The van der Waals surface area contributed by atoms with Crippen LogP contribution in [0.25, 0.3) is 0 Å². The molecule has 10 nitrogen and oxygen atoms in total. The predicted molar refractivity (Wildman–Crippen MR) is 243 cm³/mol. The Kier molecular flexibility index (Phi) is 38.2. The molecule has 0 saturated heterocycles. The monoisotopic (exact) mass is 853 g/mol. The second-order valence-corrected chi connectivity index (χ2v) is 18.3. The first kappa shape index (κ1) is 56.6. The van der Waals surface area contributed by atoms with Crippen LogP contribution in [0.2, 0.25) is 0 Å². The van der Waals surface area contributed by atoms with Crippen molar-refractivity contribution in [3.63, 3.8) is 0 Å². The van der Waals surface area contributed by atoms with Crippen molar-refractivity contribution in [1.29, 1.82) is 0 Å². The first-order chi connectivity index (χ1) is 28.4. The molecule has 0 aliphatic heterocycles. The lowest BCUT2D eigenvalue weighted by molar-refractivity contribution is -0.870. The van der Waals surface area contributed by atoms with Gasteiger partial charge in [-0.25, -0.2) is 4.57 Å². The summed E-state index contributed by atoms with van der Waals surface area (Å²) >= 11 is 0. The molecule has 0 rings (SSSR count). The molecule has 0 aromatic carbocycles. The van der Waals surface area contributed by atoms with Crippen molar-refractivity contribution in [1.82, 2.24) is 0 Å². The Hall–Kier alpha value is -2.36. The number of allylic oxidation sites excluding steroid dienone is 8. The molecule has 0 amide bonds. The van der Waals surface area contributed by atoms with Crippen molar-refractivity contribution in [3.8, 4) is 0 Å². The number of hydrogen-bond acceptors (Lipinski definition) is 8. The molecule has 59 heavy (non-hydrogen) atoms. The Morgan fingerprint density at radius 3 is 1.66 bits per heavy atom. The van der Waals surface area contributed by atoms with Crippen molar-refractivity contribution < 1.29 is 46.8 Å². The van der Waals surface area contributed by atoms with Crippen molar-refractivity contribution in [2.75, 3.05) is 47.5 Å². The van der Waals surface area contributed by atoms with E-state index in [2.05, 4.69) is 38.2 Å². The first-order valence-corrected chi connectivity index (χ1v) is 24.8. The number of phosphoric acid groups is 1. The SMILES string of the molecule is CCCCC/C=C\C/C=C\C/C=C\C=C\C(=O)CCCC(=O)O[C@H](COC(=O)CCCCCCCCCCCCCCCCCCC)COP(=O)(O)OCC[N+](C)(C)C. The molecule has 0 saturated carbocycles. The summed E-state index contributed by atoms with van der Waals surface area (Å²) in [6, 6.07) is 0. The summed E-state index contributed by atoms with van der Waals surface area (Å²) in [5.41, 5.74) is 0.